The number of likely N-dealkylation sites (tertiary alicyclic amines) is 1. The van der Waals surface area contributed by atoms with E-state index >= 15 is 0 Å². The minimum Gasteiger partial charge on any atom is -0.395 e. The van der Waals surface area contributed by atoms with E-state index in [0.29, 0.717) is 18.4 Å². The highest BCUT2D eigenvalue weighted by Gasteiger charge is 2.81. The summed E-state index contributed by atoms with van der Waals surface area (Å²) in [4.78, 5) is 15.3. The van der Waals surface area contributed by atoms with Crippen molar-refractivity contribution in [3.8, 4) is 0 Å². The Hall–Kier alpha value is -0.910. The van der Waals surface area contributed by atoms with Crippen LogP contribution in [0.2, 0.25) is 0 Å². The number of ether oxygens (including phenoxy) is 1. The minimum atomic E-state index is -0.564. The van der Waals surface area contributed by atoms with Crippen LogP contribution in [0.3, 0.4) is 0 Å². The quantitative estimate of drug-likeness (QED) is 0.727. The Balaban J connectivity index is 1.57. The summed E-state index contributed by atoms with van der Waals surface area (Å²) in [6.07, 6.45) is 6.28. The van der Waals surface area contributed by atoms with Crippen LogP contribution < -0.4 is 0 Å². The second-order valence-electron chi connectivity index (χ2n) is 10.6. The van der Waals surface area contributed by atoms with E-state index in [4.69, 9.17) is 4.74 Å². The number of aliphatic hydroxyl groups is 2. The molecule has 8 aliphatic rings. The highest BCUT2D eigenvalue weighted by Crippen LogP contribution is 2.78. The Morgan fingerprint density at radius 2 is 2.15 bits per heavy atom. The van der Waals surface area contributed by atoms with Gasteiger partial charge in [-0.1, -0.05) is 25.5 Å². The number of carbonyl (C=O) groups is 1. The normalized spacial score (nSPS) is 57.8. The van der Waals surface area contributed by atoms with E-state index in [1.807, 2.05) is 4.90 Å². The fourth-order valence-electron chi connectivity index (χ4n) is 9.16. The Kier molecular flexibility index (Phi) is 3.13. The van der Waals surface area contributed by atoms with Gasteiger partial charge in [0.25, 0.3) is 0 Å². The van der Waals surface area contributed by atoms with Gasteiger partial charge in [0, 0.05) is 23.3 Å². The van der Waals surface area contributed by atoms with Gasteiger partial charge in [0.2, 0.25) is 5.91 Å². The van der Waals surface area contributed by atoms with Crippen molar-refractivity contribution in [1.82, 2.24) is 4.90 Å². The van der Waals surface area contributed by atoms with Crippen LogP contribution in [0.25, 0.3) is 0 Å². The Morgan fingerprint density at radius 1 is 1.33 bits per heavy atom. The van der Waals surface area contributed by atoms with Gasteiger partial charge in [0.1, 0.15) is 6.23 Å². The van der Waals surface area contributed by atoms with Gasteiger partial charge in [0.15, 0.2) is 0 Å². The van der Waals surface area contributed by atoms with Crippen LogP contribution in [0.4, 0.5) is 0 Å². The van der Waals surface area contributed by atoms with E-state index in [1.54, 1.807) is 0 Å². The molecular weight excluding hydrogens is 342 g/mol. The van der Waals surface area contributed by atoms with E-state index < -0.39 is 11.5 Å². The van der Waals surface area contributed by atoms with Crippen molar-refractivity contribution >= 4 is 5.91 Å². The lowest BCUT2D eigenvalue weighted by Crippen LogP contribution is -2.85. The molecule has 8 rings (SSSR count). The van der Waals surface area contributed by atoms with Crippen LogP contribution in [0, 0.1) is 34.0 Å². The number of allylic oxidation sites excluding steroid dienone is 1. The monoisotopic (exact) mass is 373 g/mol. The third-order valence-electron chi connectivity index (χ3n) is 9.85. The molecule has 5 saturated carbocycles. The van der Waals surface area contributed by atoms with Crippen molar-refractivity contribution in [3.05, 3.63) is 12.2 Å². The Bertz CT molecular complexity index is 738. The first-order valence-electron chi connectivity index (χ1n) is 10.8. The molecule has 5 heteroatoms. The first-order chi connectivity index (χ1) is 12.9. The molecule has 0 aromatic carbocycles. The van der Waals surface area contributed by atoms with E-state index in [0.717, 1.165) is 38.5 Å². The molecule has 0 radical (unpaired) electrons. The maximum absolute atomic E-state index is 13.5. The molecule has 3 saturated heterocycles. The SMILES string of the molecule is C=C1C[C@]23CC[C@H]1C[C@@H]2[C@@]12CCC[C@@]4(C)C(=O)N(CCO)[C@@H]1O[C@@H]3[C@H](O)[C@@H]24. The van der Waals surface area contributed by atoms with E-state index in [9.17, 15) is 15.0 Å². The molecule has 5 aliphatic carbocycles. The summed E-state index contributed by atoms with van der Waals surface area (Å²) < 4.78 is 6.67. The van der Waals surface area contributed by atoms with Gasteiger partial charge in [0.05, 0.1) is 24.2 Å². The van der Waals surface area contributed by atoms with Gasteiger partial charge in [-0.3, -0.25) is 4.79 Å². The van der Waals surface area contributed by atoms with Crippen molar-refractivity contribution < 1.29 is 19.7 Å². The van der Waals surface area contributed by atoms with Crippen LogP contribution in [0.15, 0.2) is 12.2 Å². The number of fused-ring (bicyclic) bond motifs is 2. The molecule has 5 nitrogen and oxygen atoms in total. The van der Waals surface area contributed by atoms with Gasteiger partial charge in [-0.15, -0.1) is 0 Å². The number of carbonyl (C=O) groups excluding carboxylic acids is 1. The maximum Gasteiger partial charge on any atom is 0.231 e. The van der Waals surface area contributed by atoms with Gasteiger partial charge in [-0.05, 0) is 50.4 Å². The summed E-state index contributed by atoms with van der Waals surface area (Å²) in [5, 5.41) is 21.2. The van der Waals surface area contributed by atoms with Crippen LogP contribution in [-0.4, -0.2) is 52.6 Å². The number of hydrogen-bond donors (Lipinski definition) is 2. The highest BCUT2D eigenvalue weighted by molar-refractivity contribution is 5.85. The van der Waals surface area contributed by atoms with Crippen molar-refractivity contribution in [3.63, 3.8) is 0 Å². The molecular formula is C22H31NO4. The molecule has 8 fully saturated rings. The Morgan fingerprint density at radius 3 is 2.89 bits per heavy atom. The first-order valence-corrected chi connectivity index (χ1v) is 10.8. The zero-order valence-electron chi connectivity index (χ0n) is 16.2. The predicted molar refractivity (Wildman–Crippen MR) is 98.4 cm³/mol. The molecule has 148 valence electrons. The van der Waals surface area contributed by atoms with Crippen molar-refractivity contribution in [2.45, 2.75) is 70.3 Å². The van der Waals surface area contributed by atoms with E-state index in [2.05, 4.69) is 13.5 Å². The second-order valence-corrected chi connectivity index (χ2v) is 10.6. The molecule has 0 aromatic rings. The topological polar surface area (TPSA) is 70.0 Å². The first kappa shape index (κ1) is 17.0. The summed E-state index contributed by atoms with van der Waals surface area (Å²) in [6, 6.07) is 0. The van der Waals surface area contributed by atoms with Gasteiger partial charge in [-0.2, -0.15) is 0 Å². The van der Waals surface area contributed by atoms with Gasteiger partial charge >= 0.3 is 0 Å². The summed E-state index contributed by atoms with van der Waals surface area (Å²) in [5.41, 5.74) is 0.663. The standard InChI is InChI=1S/C22H31NO4/c1-12-11-21-7-4-13(12)10-14(21)22-6-3-5-20(2)16(22)15(25)17(21)27-19(22)23(8-9-24)18(20)26/h13-17,19,24-25H,1,3-11H2,2H3/t13-,14-,15+,16+,17+,19+,20+,21+,22+/m0/s1. The lowest BCUT2D eigenvalue weighted by atomic mass is 9.32. The summed E-state index contributed by atoms with van der Waals surface area (Å²) in [7, 11) is 0. The number of nitrogens with zero attached hydrogens (tertiary/aromatic N) is 1. The molecule has 7 bridgehead atoms. The lowest BCUT2D eigenvalue weighted by molar-refractivity contribution is -0.407. The van der Waals surface area contributed by atoms with Crippen molar-refractivity contribution in [2.75, 3.05) is 13.2 Å². The zero-order valence-corrected chi connectivity index (χ0v) is 16.2. The summed E-state index contributed by atoms with van der Waals surface area (Å²) in [5.74, 6) is 1.17. The molecule has 2 spiro atoms. The van der Waals surface area contributed by atoms with Crippen LogP contribution >= 0.6 is 0 Å². The van der Waals surface area contributed by atoms with Crippen LogP contribution in [0.5, 0.6) is 0 Å². The molecule has 1 amide bonds. The third kappa shape index (κ3) is 1.61. The molecule has 27 heavy (non-hydrogen) atoms. The number of piperidine rings is 1. The third-order valence-corrected chi connectivity index (χ3v) is 9.85. The van der Waals surface area contributed by atoms with Crippen molar-refractivity contribution in [2.24, 2.45) is 34.0 Å². The fourth-order valence-corrected chi connectivity index (χ4v) is 9.16. The Labute approximate surface area is 160 Å². The average molecular weight is 373 g/mol. The second kappa shape index (κ2) is 4.98. The molecule has 3 aliphatic heterocycles. The highest BCUT2D eigenvalue weighted by atomic mass is 16.5. The maximum atomic E-state index is 13.5. The number of aliphatic hydroxyl groups excluding tert-OH is 2. The van der Waals surface area contributed by atoms with Crippen LogP contribution in [-0.2, 0) is 9.53 Å². The smallest absolute Gasteiger partial charge is 0.231 e. The fraction of sp³-hybridized carbons (Fsp3) is 0.864. The molecule has 0 aromatic heterocycles. The molecule has 2 N–H and O–H groups in total. The molecule has 9 atom stereocenters. The number of hydrogen-bond acceptors (Lipinski definition) is 4. The summed E-state index contributed by atoms with van der Waals surface area (Å²) >= 11 is 0. The van der Waals surface area contributed by atoms with Gasteiger partial charge in [-0.25, -0.2) is 0 Å². The van der Waals surface area contributed by atoms with E-state index in [1.165, 1.54) is 12.0 Å². The number of β-amino-alcohol motifs (C(OH)–C–C–N with tert-alkyl or cyclic N) is 1. The largest absolute Gasteiger partial charge is 0.395 e. The minimum absolute atomic E-state index is 0.00176. The van der Waals surface area contributed by atoms with Crippen LogP contribution in [0.1, 0.15) is 51.9 Å². The zero-order chi connectivity index (χ0) is 18.8. The average Bonchev–Trinajstić information content (AvgIpc) is 2.65. The van der Waals surface area contributed by atoms with Gasteiger partial charge < -0.3 is 19.8 Å². The summed E-state index contributed by atoms with van der Waals surface area (Å²) in [6.45, 7) is 6.76. The predicted octanol–water partition coefficient (Wildman–Crippen LogP) is 2.08. The molecule has 0 unspecified atom stereocenters. The van der Waals surface area contributed by atoms with E-state index in [-0.39, 0.29) is 41.6 Å². The molecule has 3 heterocycles. The van der Waals surface area contributed by atoms with Crippen molar-refractivity contribution in [1.29, 1.82) is 0 Å². The number of amides is 1. The number of rotatable bonds is 2. The lowest BCUT2D eigenvalue weighted by Gasteiger charge is -2.79.